The van der Waals surface area contributed by atoms with Gasteiger partial charge in [0, 0.05) is 14.1 Å². The van der Waals surface area contributed by atoms with E-state index in [1.54, 1.807) is 0 Å². The van der Waals surface area contributed by atoms with Crippen LogP contribution in [0.3, 0.4) is 0 Å². The highest BCUT2D eigenvalue weighted by Crippen LogP contribution is 2.29. The van der Waals surface area contributed by atoms with Crippen molar-refractivity contribution in [2.45, 2.75) is 39.0 Å². The molecule has 1 aromatic carbocycles. The molecule has 0 saturated heterocycles. The summed E-state index contributed by atoms with van der Waals surface area (Å²) in [7, 11) is 0. The van der Waals surface area contributed by atoms with Gasteiger partial charge in [-0.1, -0.05) is 6.42 Å². The van der Waals surface area contributed by atoms with Crippen LogP contribution in [0.1, 0.15) is 44.9 Å². The van der Waals surface area contributed by atoms with Crippen molar-refractivity contribution in [1.29, 1.82) is 0 Å². The van der Waals surface area contributed by atoms with Gasteiger partial charge in [-0.15, -0.1) is 11.3 Å². The second-order valence-corrected chi connectivity index (χ2v) is 8.59. The zero-order valence-electron chi connectivity index (χ0n) is 14.1. The Labute approximate surface area is 165 Å². The average Bonchev–Trinajstić information content (AvgIpc) is 2.86. The van der Waals surface area contributed by atoms with Crippen LogP contribution >= 0.6 is 33.9 Å². The van der Waals surface area contributed by atoms with Crippen molar-refractivity contribution in [3.05, 3.63) is 48.7 Å². The van der Waals surface area contributed by atoms with Gasteiger partial charge in [0.05, 0.1) is 0 Å². The number of hydrogen-bond acceptors (Lipinski definition) is 4. The molecular formula is C19H20INO3S. The second-order valence-electron chi connectivity index (χ2n) is 6.20. The molecule has 0 spiro atoms. The number of benzene rings is 1. The Morgan fingerprint density at radius 1 is 1.20 bits per heavy atom. The van der Waals surface area contributed by atoms with Gasteiger partial charge in [-0.2, -0.15) is 0 Å². The van der Waals surface area contributed by atoms with Crippen molar-refractivity contribution in [3.8, 4) is 0 Å². The van der Waals surface area contributed by atoms with E-state index in [0.29, 0.717) is 4.88 Å². The summed E-state index contributed by atoms with van der Waals surface area (Å²) in [6, 6.07) is 7.71. The monoisotopic (exact) mass is 469 g/mol. The van der Waals surface area contributed by atoms with Crippen LogP contribution in [-0.2, 0) is 22.4 Å². The molecule has 0 bridgehead atoms. The van der Waals surface area contributed by atoms with E-state index in [-0.39, 0.29) is 12.5 Å². The lowest BCUT2D eigenvalue weighted by Crippen LogP contribution is -2.21. The number of ether oxygens (including phenoxy) is 1. The maximum Gasteiger partial charge on any atom is 0.348 e. The summed E-state index contributed by atoms with van der Waals surface area (Å²) < 4.78 is 6.30. The number of thiophene rings is 1. The molecule has 0 saturated carbocycles. The molecule has 0 aliphatic heterocycles. The number of halogens is 1. The van der Waals surface area contributed by atoms with E-state index in [4.69, 9.17) is 4.74 Å². The molecule has 0 unspecified atom stereocenters. The number of carbonyl (C=O) groups excluding carboxylic acids is 2. The number of aryl methyl sites for hydroxylation is 3. The van der Waals surface area contributed by atoms with Crippen LogP contribution in [0.2, 0.25) is 0 Å². The lowest BCUT2D eigenvalue weighted by Gasteiger charge is -2.09. The van der Waals surface area contributed by atoms with Gasteiger partial charge in [-0.3, -0.25) is 4.79 Å². The van der Waals surface area contributed by atoms with Gasteiger partial charge in [0.15, 0.2) is 6.61 Å². The van der Waals surface area contributed by atoms with Crippen LogP contribution < -0.4 is 5.32 Å². The summed E-state index contributed by atoms with van der Waals surface area (Å²) in [6.07, 6.45) is 5.68. The molecule has 1 heterocycles. The Kier molecular flexibility index (Phi) is 6.11. The van der Waals surface area contributed by atoms with Gasteiger partial charge < -0.3 is 10.1 Å². The van der Waals surface area contributed by atoms with Crippen molar-refractivity contribution >= 4 is 51.5 Å². The molecule has 1 N–H and O–H groups in total. The fraction of sp³-hybridized carbons (Fsp3) is 0.368. The summed E-state index contributed by atoms with van der Waals surface area (Å²) in [4.78, 5) is 26.2. The number of rotatable bonds is 4. The first-order chi connectivity index (χ1) is 12.0. The maximum atomic E-state index is 12.2. The SMILES string of the molecule is Cc1cc(I)ccc1NC(=O)COC(=O)c1cc2c(s1)CCCCC2. The molecule has 2 aromatic rings. The number of esters is 1. The third kappa shape index (κ3) is 4.82. The highest BCUT2D eigenvalue weighted by Gasteiger charge is 2.18. The lowest BCUT2D eigenvalue weighted by molar-refractivity contribution is -0.119. The second kappa shape index (κ2) is 8.31. The number of nitrogens with one attached hydrogen (secondary N) is 1. The molecule has 0 fully saturated rings. The number of carbonyl (C=O) groups is 2. The third-order valence-corrected chi connectivity index (χ3v) is 6.13. The van der Waals surface area contributed by atoms with Crippen molar-refractivity contribution in [1.82, 2.24) is 0 Å². The Morgan fingerprint density at radius 2 is 2.00 bits per heavy atom. The summed E-state index contributed by atoms with van der Waals surface area (Å²) in [6.45, 7) is 1.66. The van der Waals surface area contributed by atoms with Gasteiger partial charge in [0.25, 0.3) is 5.91 Å². The van der Waals surface area contributed by atoms with Gasteiger partial charge in [0.2, 0.25) is 0 Å². The first-order valence-corrected chi connectivity index (χ1v) is 10.3. The Hall–Kier alpha value is -1.41. The maximum absolute atomic E-state index is 12.2. The highest BCUT2D eigenvalue weighted by molar-refractivity contribution is 14.1. The zero-order chi connectivity index (χ0) is 17.8. The first-order valence-electron chi connectivity index (χ1n) is 8.37. The van der Waals surface area contributed by atoms with E-state index in [1.165, 1.54) is 41.0 Å². The number of fused-ring (bicyclic) bond motifs is 1. The zero-order valence-corrected chi connectivity index (χ0v) is 17.0. The van der Waals surface area contributed by atoms with E-state index in [2.05, 4.69) is 27.9 Å². The molecule has 1 amide bonds. The standard InChI is InChI=1S/C19H20INO3S/c1-12-9-14(20)7-8-15(12)21-18(22)11-24-19(23)17-10-13-5-3-2-4-6-16(13)25-17/h7-10H,2-6,11H2,1H3,(H,21,22). The fourth-order valence-electron chi connectivity index (χ4n) is 2.92. The first kappa shape index (κ1) is 18.4. The molecule has 1 aliphatic rings. The van der Waals surface area contributed by atoms with Gasteiger partial charge in [0.1, 0.15) is 4.88 Å². The highest BCUT2D eigenvalue weighted by atomic mass is 127. The Bertz CT molecular complexity index is 776. The van der Waals surface area contributed by atoms with Crippen LogP contribution in [0.5, 0.6) is 0 Å². The molecule has 6 heteroatoms. The summed E-state index contributed by atoms with van der Waals surface area (Å²) in [5.41, 5.74) is 2.99. The fourth-order valence-corrected chi connectivity index (χ4v) is 4.72. The Morgan fingerprint density at radius 3 is 2.80 bits per heavy atom. The molecule has 25 heavy (non-hydrogen) atoms. The third-order valence-electron chi connectivity index (χ3n) is 4.24. The number of anilines is 1. The summed E-state index contributed by atoms with van der Waals surface area (Å²) >= 11 is 3.73. The lowest BCUT2D eigenvalue weighted by atomic mass is 10.1. The molecule has 0 radical (unpaired) electrons. The predicted molar refractivity (Wildman–Crippen MR) is 108 cm³/mol. The van der Waals surface area contributed by atoms with Gasteiger partial charge in [-0.25, -0.2) is 4.79 Å². The van der Waals surface area contributed by atoms with E-state index in [0.717, 1.165) is 27.7 Å². The molecule has 132 valence electrons. The van der Waals surface area contributed by atoms with E-state index >= 15 is 0 Å². The van der Waals surface area contributed by atoms with Crippen LogP contribution in [-0.4, -0.2) is 18.5 Å². The quantitative estimate of drug-likeness (QED) is 0.401. The minimum Gasteiger partial charge on any atom is -0.451 e. The number of amides is 1. The van der Waals surface area contributed by atoms with Crippen molar-refractivity contribution < 1.29 is 14.3 Å². The van der Waals surface area contributed by atoms with E-state index in [1.807, 2.05) is 31.2 Å². The molecule has 3 rings (SSSR count). The molecule has 1 aromatic heterocycles. The predicted octanol–water partition coefficient (Wildman–Crippen LogP) is 4.73. The largest absolute Gasteiger partial charge is 0.451 e. The molecule has 4 nitrogen and oxygen atoms in total. The minimum atomic E-state index is -0.410. The van der Waals surface area contributed by atoms with Crippen molar-refractivity contribution in [2.24, 2.45) is 0 Å². The topological polar surface area (TPSA) is 55.4 Å². The van der Waals surface area contributed by atoms with Crippen LogP contribution in [0.4, 0.5) is 5.69 Å². The molecule has 1 aliphatic carbocycles. The molecule has 0 atom stereocenters. The van der Waals surface area contributed by atoms with Crippen LogP contribution in [0, 0.1) is 10.5 Å². The average molecular weight is 469 g/mol. The van der Waals surface area contributed by atoms with Crippen molar-refractivity contribution in [3.63, 3.8) is 0 Å². The minimum absolute atomic E-state index is 0.271. The van der Waals surface area contributed by atoms with Gasteiger partial charge >= 0.3 is 5.97 Å². The normalized spacial score (nSPS) is 13.7. The van der Waals surface area contributed by atoms with Crippen molar-refractivity contribution in [2.75, 3.05) is 11.9 Å². The molecular weight excluding hydrogens is 449 g/mol. The van der Waals surface area contributed by atoms with Crippen LogP contribution in [0.15, 0.2) is 24.3 Å². The Balaban J connectivity index is 1.56. The van der Waals surface area contributed by atoms with Crippen LogP contribution in [0.25, 0.3) is 0 Å². The van der Waals surface area contributed by atoms with Gasteiger partial charge in [-0.05, 0) is 90.6 Å². The number of hydrogen-bond donors (Lipinski definition) is 1. The van der Waals surface area contributed by atoms with E-state index in [9.17, 15) is 9.59 Å². The summed E-state index contributed by atoms with van der Waals surface area (Å²) in [5.74, 6) is -0.733. The van der Waals surface area contributed by atoms with E-state index < -0.39 is 5.97 Å². The summed E-state index contributed by atoms with van der Waals surface area (Å²) in [5, 5.41) is 2.79. The smallest absolute Gasteiger partial charge is 0.348 e.